The molecule has 2 rings (SSSR count). The van der Waals surface area contributed by atoms with Crippen molar-refractivity contribution >= 4 is 37.3 Å². The van der Waals surface area contributed by atoms with Gasteiger partial charge in [-0.25, -0.2) is 12.8 Å². The molecule has 0 unspecified atom stereocenters. The Bertz CT molecular complexity index is 763. The molecule has 0 heterocycles. The third-order valence-electron chi connectivity index (χ3n) is 2.73. The Morgan fingerprint density at radius 2 is 1.90 bits per heavy atom. The minimum atomic E-state index is -3.76. The summed E-state index contributed by atoms with van der Waals surface area (Å²) in [6.45, 7) is 1.79. The van der Waals surface area contributed by atoms with Crippen LogP contribution in [-0.4, -0.2) is 8.42 Å². The Kier molecular flexibility index (Phi) is 4.01. The number of benzene rings is 2. The van der Waals surface area contributed by atoms with E-state index in [0.29, 0.717) is 5.69 Å². The number of nitrogens with one attached hydrogen (secondary N) is 1. The van der Waals surface area contributed by atoms with E-state index in [-0.39, 0.29) is 15.1 Å². The Balaban J connectivity index is 2.35. The molecule has 0 aromatic heterocycles. The molecule has 0 radical (unpaired) electrons. The third kappa shape index (κ3) is 3.10. The number of rotatable bonds is 3. The average Bonchev–Trinajstić information content (AvgIpc) is 2.37. The van der Waals surface area contributed by atoms with E-state index in [1.165, 1.54) is 30.3 Å². The van der Waals surface area contributed by atoms with Crippen LogP contribution < -0.4 is 10.5 Å². The quantitative estimate of drug-likeness (QED) is 0.827. The summed E-state index contributed by atoms with van der Waals surface area (Å²) in [6, 6.07) is 8.35. The Labute approximate surface area is 125 Å². The van der Waals surface area contributed by atoms with Gasteiger partial charge in [-0.15, -0.1) is 0 Å². The van der Waals surface area contributed by atoms with Crippen molar-refractivity contribution in [2.24, 2.45) is 0 Å². The number of anilines is 2. The molecule has 4 nitrogen and oxygen atoms in total. The second kappa shape index (κ2) is 5.41. The second-order valence-corrected chi connectivity index (χ2v) is 6.79. The molecule has 106 valence electrons. The zero-order valence-electron chi connectivity index (χ0n) is 10.5. The number of hydrogen-bond donors (Lipinski definition) is 2. The van der Waals surface area contributed by atoms with Crippen LogP contribution in [-0.2, 0) is 10.0 Å². The topological polar surface area (TPSA) is 72.2 Å². The number of hydrogen-bond acceptors (Lipinski definition) is 3. The molecule has 0 bridgehead atoms. The summed E-state index contributed by atoms with van der Waals surface area (Å²) in [4.78, 5) is 0.0565. The molecule has 0 amide bonds. The number of nitrogen functional groups attached to an aromatic ring is 1. The first-order valence-electron chi connectivity index (χ1n) is 5.63. The van der Waals surface area contributed by atoms with Gasteiger partial charge in [0.1, 0.15) is 5.82 Å². The SMILES string of the molecule is Cc1ccc(S(=O)(=O)Nc2ccc(F)c(Br)c2)cc1N. The molecule has 0 aliphatic carbocycles. The van der Waals surface area contributed by atoms with E-state index in [9.17, 15) is 12.8 Å². The van der Waals surface area contributed by atoms with Gasteiger partial charge in [0, 0.05) is 5.69 Å². The fourth-order valence-corrected chi connectivity index (χ4v) is 3.02. The summed E-state index contributed by atoms with van der Waals surface area (Å²) >= 11 is 3.00. The van der Waals surface area contributed by atoms with Crippen LogP contribution in [0.1, 0.15) is 5.56 Å². The summed E-state index contributed by atoms with van der Waals surface area (Å²) in [5, 5.41) is 0. The van der Waals surface area contributed by atoms with Crippen LogP contribution in [0.5, 0.6) is 0 Å². The molecule has 3 N–H and O–H groups in total. The maximum atomic E-state index is 13.1. The van der Waals surface area contributed by atoms with E-state index < -0.39 is 15.8 Å². The average molecular weight is 359 g/mol. The fraction of sp³-hybridized carbons (Fsp3) is 0.0769. The fourth-order valence-electron chi connectivity index (χ4n) is 1.56. The van der Waals surface area contributed by atoms with Gasteiger partial charge < -0.3 is 5.73 Å². The van der Waals surface area contributed by atoms with Crippen molar-refractivity contribution in [1.29, 1.82) is 0 Å². The van der Waals surface area contributed by atoms with Crippen LogP contribution in [0.2, 0.25) is 0 Å². The maximum absolute atomic E-state index is 13.1. The molecule has 0 saturated heterocycles. The molecule has 20 heavy (non-hydrogen) atoms. The Morgan fingerprint density at radius 1 is 1.20 bits per heavy atom. The largest absolute Gasteiger partial charge is 0.398 e. The molecule has 0 spiro atoms. The predicted octanol–water partition coefficient (Wildman–Crippen LogP) is 3.28. The van der Waals surface area contributed by atoms with E-state index in [1.807, 2.05) is 0 Å². The Morgan fingerprint density at radius 3 is 2.50 bits per heavy atom. The van der Waals surface area contributed by atoms with Gasteiger partial charge in [0.05, 0.1) is 15.1 Å². The summed E-state index contributed by atoms with van der Waals surface area (Å²) < 4.78 is 40.0. The zero-order valence-corrected chi connectivity index (χ0v) is 12.9. The van der Waals surface area contributed by atoms with Crippen molar-refractivity contribution in [3.8, 4) is 0 Å². The normalized spacial score (nSPS) is 11.3. The maximum Gasteiger partial charge on any atom is 0.261 e. The van der Waals surface area contributed by atoms with Crippen LogP contribution in [0.15, 0.2) is 45.8 Å². The minimum Gasteiger partial charge on any atom is -0.398 e. The number of sulfonamides is 1. The van der Waals surface area contributed by atoms with Gasteiger partial charge in [-0.1, -0.05) is 6.07 Å². The number of nitrogens with two attached hydrogens (primary N) is 1. The molecule has 0 aliphatic heterocycles. The van der Waals surface area contributed by atoms with Crippen molar-refractivity contribution in [2.75, 3.05) is 10.5 Å². The molecule has 0 aliphatic rings. The van der Waals surface area contributed by atoms with E-state index in [0.717, 1.165) is 5.56 Å². The molecular formula is C13H12BrFN2O2S. The van der Waals surface area contributed by atoms with E-state index in [2.05, 4.69) is 20.7 Å². The predicted molar refractivity (Wildman–Crippen MR) is 80.5 cm³/mol. The van der Waals surface area contributed by atoms with Crippen LogP contribution in [0, 0.1) is 12.7 Å². The lowest BCUT2D eigenvalue weighted by Crippen LogP contribution is -2.13. The molecule has 2 aromatic carbocycles. The highest BCUT2D eigenvalue weighted by atomic mass is 79.9. The van der Waals surface area contributed by atoms with Crippen molar-refractivity contribution in [3.63, 3.8) is 0 Å². The van der Waals surface area contributed by atoms with Crippen molar-refractivity contribution in [3.05, 3.63) is 52.3 Å². The van der Waals surface area contributed by atoms with Crippen molar-refractivity contribution in [1.82, 2.24) is 0 Å². The molecule has 7 heteroatoms. The molecule has 0 fully saturated rings. The van der Waals surface area contributed by atoms with Crippen LogP contribution in [0.4, 0.5) is 15.8 Å². The molecular weight excluding hydrogens is 347 g/mol. The van der Waals surface area contributed by atoms with Gasteiger partial charge in [0.25, 0.3) is 10.0 Å². The molecule has 2 aromatic rings. The van der Waals surface area contributed by atoms with E-state index in [1.54, 1.807) is 13.0 Å². The zero-order chi connectivity index (χ0) is 14.9. The summed E-state index contributed by atoms with van der Waals surface area (Å²) in [7, 11) is -3.76. The lowest BCUT2D eigenvalue weighted by molar-refractivity contribution is 0.601. The van der Waals surface area contributed by atoms with Gasteiger partial charge in [0.15, 0.2) is 0 Å². The summed E-state index contributed by atoms with van der Waals surface area (Å²) in [5.41, 5.74) is 7.16. The smallest absolute Gasteiger partial charge is 0.261 e. The van der Waals surface area contributed by atoms with Gasteiger partial charge in [-0.2, -0.15) is 0 Å². The van der Waals surface area contributed by atoms with E-state index in [4.69, 9.17) is 5.73 Å². The lowest BCUT2D eigenvalue weighted by atomic mass is 10.2. The van der Waals surface area contributed by atoms with Crippen molar-refractivity contribution < 1.29 is 12.8 Å². The van der Waals surface area contributed by atoms with Gasteiger partial charge in [-0.3, -0.25) is 4.72 Å². The molecule has 0 saturated carbocycles. The molecule has 0 atom stereocenters. The second-order valence-electron chi connectivity index (χ2n) is 4.25. The monoisotopic (exact) mass is 358 g/mol. The highest BCUT2D eigenvalue weighted by Crippen LogP contribution is 2.24. The first-order valence-corrected chi connectivity index (χ1v) is 7.91. The van der Waals surface area contributed by atoms with Gasteiger partial charge in [-0.05, 0) is 58.7 Å². The highest BCUT2D eigenvalue weighted by Gasteiger charge is 2.15. The van der Waals surface area contributed by atoms with Crippen LogP contribution in [0.25, 0.3) is 0 Å². The Hall–Kier alpha value is -1.60. The number of aryl methyl sites for hydroxylation is 1. The van der Waals surface area contributed by atoms with Crippen LogP contribution >= 0.6 is 15.9 Å². The lowest BCUT2D eigenvalue weighted by Gasteiger charge is -2.10. The van der Waals surface area contributed by atoms with Gasteiger partial charge in [0.2, 0.25) is 0 Å². The first kappa shape index (κ1) is 14.8. The van der Waals surface area contributed by atoms with Gasteiger partial charge >= 0.3 is 0 Å². The van der Waals surface area contributed by atoms with Crippen molar-refractivity contribution in [2.45, 2.75) is 11.8 Å². The van der Waals surface area contributed by atoms with E-state index >= 15 is 0 Å². The third-order valence-corrected chi connectivity index (χ3v) is 4.72. The first-order chi connectivity index (χ1) is 9.29. The summed E-state index contributed by atoms with van der Waals surface area (Å²) in [6.07, 6.45) is 0. The highest BCUT2D eigenvalue weighted by molar-refractivity contribution is 9.10. The van der Waals surface area contributed by atoms with Crippen LogP contribution in [0.3, 0.4) is 0 Å². The number of halogens is 2. The minimum absolute atomic E-state index is 0.0565. The standard InChI is InChI=1S/C13H12BrFN2O2S/c1-8-2-4-10(7-13(8)16)20(18,19)17-9-3-5-12(15)11(14)6-9/h2-7,17H,16H2,1H3. The summed E-state index contributed by atoms with van der Waals surface area (Å²) in [5.74, 6) is -0.465.